The Morgan fingerprint density at radius 3 is 1.33 bits per heavy atom. The predicted octanol–water partition coefficient (Wildman–Crippen LogP) is 0.697. The van der Waals surface area contributed by atoms with Crippen LogP contribution in [0.15, 0.2) is 0 Å². The van der Waals surface area contributed by atoms with E-state index in [2.05, 4.69) is 0 Å². The van der Waals surface area contributed by atoms with E-state index < -0.39 is 6.16 Å². The molecule has 0 aromatic rings. The number of rotatable bonds is 6. The van der Waals surface area contributed by atoms with Gasteiger partial charge in [-0.15, -0.1) is 0 Å². The minimum atomic E-state index is -1.85. The molecule has 1 N–H and O–H groups in total. The molecule has 12 heavy (non-hydrogen) atoms. The largest absolute Gasteiger partial charge is 0.410 e. The van der Waals surface area contributed by atoms with Gasteiger partial charge in [-0.1, -0.05) is 0 Å². The van der Waals surface area contributed by atoms with Gasteiger partial charge in [-0.25, -0.2) is 0 Å². The molecule has 0 aliphatic carbocycles. The van der Waals surface area contributed by atoms with E-state index in [0.717, 1.165) is 0 Å². The van der Waals surface area contributed by atoms with Crippen molar-refractivity contribution in [3.8, 4) is 0 Å². The summed E-state index contributed by atoms with van der Waals surface area (Å²) in [5.41, 5.74) is 0. The molecule has 0 saturated heterocycles. The quantitative estimate of drug-likeness (QED) is 0.520. The maximum absolute atomic E-state index is 9.34. The van der Waals surface area contributed by atoms with Crippen molar-refractivity contribution in [2.45, 2.75) is 26.9 Å². The van der Waals surface area contributed by atoms with Crippen LogP contribution in [0.5, 0.6) is 0 Å². The average molecular weight is 212 g/mol. The zero-order valence-electron chi connectivity index (χ0n) is 7.79. The van der Waals surface area contributed by atoms with Crippen molar-refractivity contribution in [3.63, 3.8) is 0 Å². The topological polar surface area (TPSA) is 47.9 Å². The molecule has 0 unspecified atom stereocenters. The number of hydrogen-bond donors (Lipinski definition) is 1. The monoisotopic (exact) mass is 212 g/mol. The summed E-state index contributed by atoms with van der Waals surface area (Å²) < 4.78 is 14.5. The molecule has 0 fully saturated rings. The van der Waals surface area contributed by atoms with Crippen molar-refractivity contribution >= 4 is 0 Å². The summed E-state index contributed by atoms with van der Waals surface area (Å²) in [5.74, 6) is 0. The molecule has 0 radical (unpaired) electrons. The number of ether oxygens (including phenoxy) is 3. The van der Waals surface area contributed by atoms with E-state index in [-0.39, 0.29) is 21.7 Å². The van der Waals surface area contributed by atoms with E-state index in [1.165, 1.54) is 0 Å². The van der Waals surface area contributed by atoms with Crippen molar-refractivity contribution in [3.05, 3.63) is 0 Å². The average Bonchev–Trinajstić information content (AvgIpc) is 1.88. The second-order valence-corrected chi connectivity index (χ2v) is 1.82. The molecule has 0 amide bonds. The molecular formula is C7H16O4Ti. The Bertz CT molecular complexity index is 82.4. The van der Waals surface area contributed by atoms with Crippen molar-refractivity contribution < 1.29 is 41.0 Å². The summed E-state index contributed by atoms with van der Waals surface area (Å²) in [5, 5.41) is 9.34. The van der Waals surface area contributed by atoms with Crippen LogP contribution in [0.25, 0.3) is 0 Å². The molecule has 0 aromatic carbocycles. The Kier molecular flexibility index (Phi) is 10.2. The Morgan fingerprint density at radius 2 is 1.17 bits per heavy atom. The fraction of sp³-hybridized carbons (Fsp3) is 1.00. The van der Waals surface area contributed by atoms with E-state index in [1.807, 2.05) is 0 Å². The standard InChI is InChI=1S/C7H16O4.Ti/c1-4-9-7(8,10-5-2)11-6-3;/h8H,4-6H2,1-3H3;. The summed E-state index contributed by atoms with van der Waals surface area (Å²) in [7, 11) is 0. The van der Waals surface area contributed by atoms with Gasteiger partial charge in [0.15, 0.2) is 0 Å². The first-order valence-corrected chi connectivity index (χ1v) is 3.82. The van der Waals surface area contributed by atoms with Crippen LogP contribution in [-0.4, -0.2) is 31.1 Å². The molecule has 0 spiro atoms. The second kappa shape index (κ2) is 8.17. The van der Waals surface area contributed by atoms with Crippen LogP contribution >= 0.6 is 0 Å². The van der Waals surface area contributed by atoms with Crippen LogP contribution in [-0.2, 0) is 35.9 Å². The van der Waals surface area contributed by atoms with Crippen LogP contribution in [0.1, 0.15) is 20.8 Å². The maximum atomic E-state index is 9.34. The molecule has 4 nitrogen and oxygen atoms in total. The van der Waals surface area contributed by atoms with Gasteiger partial charge in [0.05, 0.1) is 19.8 Å². The Balaban J connectivity index is 0. The van der Waals surface area contributed by atoms with E-state index >= 15 is 0 Å². The van der Waals surface area contributed by atoms with Gasteiger partial charge in [0.1, 0.15) is 0 Å². The zero-order chi connectivity index (χ0) is 8.74. The van der Waals surface area contributed by atoms with E-state index in [1.54, 1.807) is 20.8 Å². The minimum Gasteiger partial charge on any atom is -0.319 e. The molecular weight excluding hydrogens is 196 g/mol. The molecule has 0 atom stereocenters. The molecule has 0 aliphatic rings. The van der Waals surface area contributed by atoms with Gasteiger partial charge in [-0.3, -0.25) is 0 Å². The number of hydrogen-bond acceptors (Lipinski definition) is 4. The van der Waals surface area contributed by atoms with Crippen LogP contribution in [0.4, 0.5) is 0 Å². The van der Waals surface area contributed by atoms with Crippen molar-refractivity contribution in [1.29, 1.82) is 0 Å². The zero-order valence-corrected chi connectivity index (χ0v) is 9.35. The Morgan fingerprint density at radius 1 is 0.917 bits per heavy atom. The third-order valence-corrected chi connectivity index (χ3v) is 0.980. The van der Waals surface area contributed by atoms with E-state index in [4.69, 9.17) is 14.2 Å². The third kappa shape index (κ3) is 6.11. The van der Waals surface area contributed by atoms with Crippen molar-refractivity contribution in [2.24, 2.45) is 0 Å². The molecule has 5 heteroatoms. The summed E-state index contributed by atoms with van der Waals surface area (Å²) in [6.45, 7) is 6.29. The summed E-state index contributed by atoms with van der Waals surface area (Å²) in [6, 6.07) is 0. The van der Waals surface area contributed by atoms with Gasteiger partial charge in [0.2, 0.25) is 0 Å². The molecule has 0 saturated carbocycles. The minimum absolute atomic E-state index is 0. The third-order valence-electron chi connectivity index (χ3n) is 0.980. The van der Waals surface area contributed by atoms with Gasteiger partial charge in [0, 0.05) is 21.7 Å². The normalized spacial score (nSPS) is 11.0. The first kappa shape index (κ1) is 15.0. The Hall–Kier alpha value is 0.554. The fourth-order valence-corrected chi connectivity index (χ4v) is 0.672. The molecule has 0 heterocycles. The van der Waals surface area contributed by atoms with E-state index in [0.29, 0.717) is 19.8 Å². The van der Waals surface area contributed by atoms with Crippen LogP contribution in [0.3, 0.4) is 0 Å². The second-order valence-electron chi connectivity index (χ2n) is 1.82. The SMILES string of the molecule is CCOC(O)(OCC)OCC.[Ti]. The van der Waals surface area contributed by atoms with Crippen LogP contribution in [0.2, 0.25) is 0 Å². The predicted molar refractivity (Wildman–Crippen MR) is 39.8 cm³/mol. The summed E-state index contributed by atoms with van der Waals surface area (Å²) in [4.78, 5) is 0. The van der Waals surface area contributed by atoms with Crippen molar-refractivity contribution in [1.82, 2.24) is 0 Å². The smallest absolute Gasteiger partial charge is 0.319 e. The molecule has 0 bridgehead atoms. The van der Waals surface area contributed by atoms with Gasteiger partial charge >= 0.3 is 6.16 Å². The number of aliphatic hydroxyl groups is 1. The fourth-order valence-electron chi connectivity index (χ4n) is 0.672. The van der Waals surface area contributed by atoms with Gasteiger partial charge in [-0.2, -0.15) is 0 Å². The molecule has 0 rings (SSSR count). The molecule has 72 valence electrons. The first-order valence-electron chi connectivity index (χ1n) is 3.82. The van der Waals surface area contributed by atoms with Gasteiger partial charge in [-0.05, 0) is 20.8 Å². The molecule has 0 aliphatic heterocycles. The maximum Gasteiger partial charge on any atom is 0.410 e. The Labute approximate surface area is 88.1 Å². The van der Waals surface area contributed by atoms with Crippen LogP contribution < -0.4 is 0 Å². The van der Waals surface area contributed by atoms with Crippen LogP contribution in [0, 0.1) is 0 Å². The first-order chi connectivity index (χ1) is 5.18. The summed E-state index contributed by atoms with van der Waals surface area (Å²) in [6.07, 6.45) is -1.85. The van der Waals surface area contributed by atoms with Crippen molar-refractivity contribution in [2.75, 3.05) is 19.8 Å². The van der Waals surface area contributed by atoms with E-state index in [9.17, 15) is 5.11 Å². The van der Waals surface area contributed by atoms with Gasteiger partial charge in [0.25, 0.3) is 0 Å². The molecule has 0 aromatic heterocycles. The summed E-state index contributed by atoms with van der Waals surface area (Å²) >= 11 is 0. The van der Waals surface area contributed by atoms with Gasteiger partial charge < -0.3 is 19.3 Å².